The lowest BCUT2D eigenvalue weighted by atomic mass is 9.71. The van der Waals surface area contributed by atoms with Gasteiger partial charge in [0.25, 0.3) is 5.91 Å². The first-order valence-corrected chi connectivity index (χ1v) is 13.9. The number of carbonyl (C=O) groups is 3. The van der Waals surface area contributed by atoms with Crippen molar-refractivity contribution in [2.24, 2.45) is 0 Å². The summed E-state index contributed by atoms with van der Waals surface area (Å²) in [5, 5.41) is 3.50. The summed E-state index contributed by atoms with van der Waals surface area (Å²) in [6.07, 6.45) is 4.07. The van der Waals surface area contributed by atoms with Crippen LogP contribution in [0.5, 0.6) is 5.75 Å². The number of nitrogens with zero attached hydrogens (tertiary/aromatic N) is 1. The molecule has 38 heavy (non-hydrogen) atoms. The maximum absolute atomic E-state index is 13.3. The number of anilines is 1. The number of nitrogens with one attached hydrogen (secondary N) is 1. The number of allylic oxidation sites excluding steroid dienone is 4. The van der Waals surface area contributed by atoms with Gasteiger partial charge in [-0.15, -0.1) is 0 Å². The summed E-state index contributed by atoms with van der Waals surface area (Å²) < 4.78 is 5.69. The largest absolute Gasteiger partial charge is 0.481 e. The molecule has 0 spiro atoms. The number of amides is 1. The molecular weight excluding hydrogens is 547 g/mol. The van der Waals surface area contributed by atoms with E-state index in [-0.39, 0.29) is 34.0 Å². The zero-order chi connectivity index (χ0) is 27.0. The first kappa shape index (κ1) is 26.8. The van der Waals surface area contributed by atoms with Gasteiger partial charge in [-0.1, -0.05) is 46.9 Å². The van der Waals surface area contributed by atoms with Crippen molar-refractivity contribution in [2.75, 3.05) is 18.5 Å². The highest BCUT2D eigenvalue weighted by atomic mass is 35.5. The SMILES string of the molecule is CCN1C2=C(C(=O)CCC2)C(c2cc(Cl)c(OCC(=O)Nc3ccccc3Cl)c(Cl)c2)C2=C1CCCC2=O. The topological polar surface area (TPSA) is 75.7 Å². The third kappa shape index (κ3) is 4.97. The van der Waals surface area contributed by atoms with E-state index in [1.165, 1.54) is 0 Å². The number of halogens is 3. The average Bonchev–Trinajstić information content (AvgIpc) is 2.88. The predicted octanol–water partition coefficient (Wildman–Crippen LogP) is 7.10. The summed E-state index contributed by atoms with van der Waals surface area (Å²) in [6.45, 7) is 2.42. The van der Waals surface area contributed by atoms with Gasteiger partial charge in [0.05, 0.1) is 20.8 Å². The van der Waals surface area contributed by atoms with Crippen molar-refractivity contribution in [1.82, 2.24) is 4.90 Å². The highest BCUT2D eigenvalue weighted by Crippen LogP contribution is 2.50. The molecule has 0 saturated carbocycles. The molecule has 0 atom stereocenters. The van der Waals surface area contributed by atoms with E-state index in [1.54, 1.807) is 36.4 Å². The first-order valence-electron chi connectivity index (χ1n) is 12.8. The second-order valence-corrected chi connectivity index (χ2v) is 10.8. The van der Waals surface area contributed by atoms with Crippen LogP contribution >= 0.6 is 34.8 Å². The number of ketones is 2. The zero-order valence-electron chi connectivity index (χ0n) is 20.9. The van der Waals surface area contributed by atoms with Crippen LogP contribution in [-0.2, 0) is 14.4 Å². The van der Waals surface area contributed by atoms with Crippen molar-refractivity contribution < 1.29 is 19.1 Å². The molecule has 1 aliphatic heterocycles. The number of Topliss-reactive ketones (excluding diaryl/α,β-unsaturated/α-hetero) is 2. The first-order chi connectivity index (χ1) is 18.3. The Kier molecular flexibility index (Phi) is 7.85. The number of hydrogen-bond donors (Lipinski definition) is 1. The van der Waals surface area contributed by atoms with Gasteiger partial charge in [-0.25, -0.2) is 0 Å². The summed E-state index contributed by atoms with van der Waals surface area (Å²) >= 11 is 19.4. The minimum absolute atomic E-state index is 0.0587. The zero-order valence-corrected chi connectivity index (χ0v) is 23.2. The molecule has 3 aliphatic rings. The van der Waals surface area contributed by atoms with Crippen LogP contribution in [0.4, 0.5) is 5.69 Å². The molecule has 6 nitrogen and oxygen atoms in total. The van der Waals surface area contributed by atoms with E-state index < -0.39 is 11.8 Å². The van der Waals surface area contributed by atoms with Gasteiger partial charge >= 0.3 is 0 Å². The summed E-state index contributed by atoms with van der Waals surface area (Å²) in [5.41, 5.74) is 4.50. The van der Waals surface area contributed by atoms with E-state index in [0.717, 1.165) is 37.1 Å². The van der Waals surface area contributed by atoms with Gasteiger partial charge in [0.1, 0.15) is 0 Å². The summed E-state index contributed by atoms with van der Waals surface area (Å²) in [5.74, 6) is -0.667. The lowest BCUT2D eigenvalue weighted by Gasteiger charge is -2.43. The summed E-state index contributed by atoms with van der Waals surface area (Å²) in [7, 11) is 0. The molecule has 1 N–H and O–H groups in total. The molecule has 0 aromatic heterocycles. The Labute approximate surface area is 236 Å². The molecule has 1 amide bonds. The molecule has 0 fully saturated rings. The van der Waals surface area contributed by atoms with Crippen LogP contribution in [0.3, 0.4) is 0 Å². The van der Waals surface area contributed by atoms with Crippen LogP contribution < -0.4 is 10.1 Å². The van der Waals surface area contributed by atoms with Crippen molar-refractivity contribution in [3.05, 3.63) is 79.6 Å². The second kappa shape index (κ2) is 11.1. The Hall–Kier alpha value is -2.80. The number of benzene rings is 2. The molecule has 0 radical (unpaired) electrons. The van der Waals surface area contributed by atoms with E-state index >= 15 is 0 Å². The van der Waals surface area contributed by atoms with Crippen LogP contribution in [0.15, 0.2) is 58.9 Å². The minimum atomic E-state index is -0.518. The van der Waals surface area contributed by atoms with Gasteiger partial charge in [0.15, 0.2) is 23.9 Å². The monoisotopic (exact) mass is 572 g/mol. The smallest absolute Gasteiger partial charge is 0.262 e. The van der Waals surface area contributed by atoms with Gasteiger partial charge in [-0.05, 0) is 62.4 Å². The lowest BCUT2D eigenvalue weighted by Crippen LogP contribution is -2.39. The van der Waals surface area contributed by atoms with E-state index in [0.29, 0.717) is 46.8 Å². The number of para-hydroxylation sites is 1. The maximum Gasteiger partial charge on any atom is 0.262 e. The van der Waals surface area contributed by atoms with Crippen molar-refractivity contribution in [3.8, 4) is 5.75 Å². The highest BCUT2D eigenvalue weighted by molar-refractivity contribution is 6.37. The van der Waals surface area contributed by atoms with E-state index in [4.69, 9.17) is 39.5 Å². The second-order valence-electron chi connectivity index (χ2n) is 9.58. The normalized spacial score (nSPS) is 17.9. The molecule has 2 aliphatic carbocycles. The molecule has 9 heteroatoms. The highest BCUT2D eigenvalue weighted by Gasteiger charge is 2.43. The summed E-state index contributed by atoms with van der Waals surface area (Å²) in [6, 6.07) is 10.3. The van der Waals surface area contributed by atoms with Gasteiger partial charge < -0.3 is 15.0 Å². The molecule has 0 saturated heterocycles. The number of rotatable bonds is 6. The number of hydrogen-bond acceptors (Lipinski definition) is 5. The Balaban J connectivity index is 1.47. The van der Waals surface area contributed by atoms with Crippen LogP contribution in [0.2, 0.25) is 15.1 Å². The Morgan fingerprint density at radius 2 is 1.50 bits per heavy atom. The fourth-order valence-electron chi connectivity index (χ4n) is 5.70. The van der Waals surface area contributed by atoms with E-state index in [2.05, 4.69) is 17.1 Å². The van der Waals surface area contributed by atoms with Crippen LogP contribution in [0.25, 0.3) is 0 Å². The summed E-state index contributed by atoms with van der Waals surface area (Å²) in [4.78, 5) is 41.2. The fourth-order valence-corrected chi connectivity index (χ4v) is 6.50. The van der Waals surface area contributed by atoms with Crippen molar-refractivity contribution >= 4 is 58.0 Å². The molecular formula is C29H27Cl3N2O4. The van der Waals surface area contributed by atoms with E-state index in [9.17, 15) is 14.4 Å². The third-order valence-electron chi connectivity index (χ3n) is 7.25. The maximum atomic E-state index is 13.3. The minimum Gasteiger partial charge on any atom is -0.481 e. The molecule has 1 heterocycles. The Morgan fingerprint density at radius 3 is 2.05 bits per heavy atom. The quantitative estimate of drug-likeness (QED) is 0.399. The fraction of sp³-hybridized carbons (Fsp3) is 0.345. The molecule has 2 aromatic rings. The molecule has 0 unspecified atom stereocenters. The van der Waals surface area contributed by atoms with Crippen molar-refractivity contribution in [1.29, 1.82) is 0 Å². The van der Waals surface area contributed by atoms with Gasteiger partial charge in [-0.3, -0.25) is 14.4 Å². The third-order valence-corrected chi connectivity index (χ3v) is 8.14. The number of carbonyl (C=O) groups excluding carboxylic acids is 3. The predicted molar refractivity (Wildman–Crippen MR) is 149 cm³/mol. The Bertz CT molecular complexity index is 1330. The van der Waals surface area contributed by atoms with Crippen molar-refractivity contribution in [3.63, 3.8) is 0 Å². The molecule has 5 rings (SSSR count). The number of ether oxygens (including phenoxy) is 1. The van der Waals surface area contributed by atoms with Gasteiger partial charge in [0.2, 0.25) is 0 Å². The van der Waals surface area contributed by atoms with Crippen LogP contribution in [0.1, 0.15) is 56.9 Å². The average molecular weight is 574 g/mol. The van der Waals surface area contributed by atoms with Crippen LogP contribution in [-0.4, -0.2) is 35.5 Å². The standard InChI is InChI=1S/C29H27Cl3N2O4/c1-2-34-21-9-5-11-23(35)27(21)26(28-22(34)10-6-12-24(28)36)16-13-18(31)29(19(32)14-16)38-15-25(37)33-20-8-4-3-7-17(20)30/h3-4,7-8,13-14,26H,2,5-6,9-12,15H2,1H3,(H,33,37). The molecule has 0 bridgehead atoms. The van der Waals surface area contributed by atoms with Crippen LogP contribution in [0, 0.1) is 0 Å². The lowest BCUT2D eigenvalue weighted by molar-refractivity contribution is -0.118. The van der Waals surface area contributed by atoms with Gasteiger partial charge in [0, 0.05) is 47.8 Å². The molecule has 2 aromatic carbocycles. The van der Waals surface area contributed by atoms with Crippen molar-refractivity contribution in [2.45, 2.75) is 51.4 Å². The Morgan fingerprint density at radius 1 is 0.921 bits per heavy atom. The van der Waals surface area contributed by atoms with Gasteiger partial charge in [-0.2, -0.15) is 0 Å². The van der Waals surface area contributed by atoms with E-state index in [1.807, 2.05) is 0 Å². The molecule has 198 valence electrons.